The normalized spacial score (nSPS) is 13.2. The van der Waals surface area contributed by atoms with Crippen molar-refractivity contribution >= 4 is 0 Å². The third-order valence-corrected chi connectivity index (χ3v) is 3.25. The molecule has 0 spiro atoms. The third kappa shape index (κ3) is 3.55. The molecule has 0 radical (unpaired) electrons. The second-order valence-electron chi connectivity index (χ2n) is 5.00. The molecule has 0 fully saturated rings. The zero-order valence-electron chi connectivity index (χ0n) is 10.9. The highest BCUT2D eigenvalue weighted by atomic mass is 16.3. The van der Waals surface area contributed by atoms with E-state index in [1.165, 1.54) is 0 Å². The Morgan fingerprint density at radius 2 is 2.12 bits per heavy atom. The topological polar surface area (TPSA) is 56.0 Å². The summed E-state index contributed by atoms with van der Waals surface area (Å²) in [5, 5.41) is 21.7. The molecular weight excluding hydrogens is 212 g/mol. The number of rotatable bonds is 4. The predicted octanol–water partition coefficient (Wildman–Crippen LogP) is 2.12. The Bertz CT molecular complexity index is 430. The molecule has 17 heavy (non-hydrogen) atoms. The summed E-state index contributed by atoms with van der Waals surface area (Å²) in [5.74, 6) is 0. The molecule has 3 heteroatoms. The Morgan fingerprint density at radius 1 is 1.47 bits per heavy atom. The average Bonchev–Trinajstić information content (AvgIpc) is 2.27. The lowest BCUT2D eigenvalue weighted by Crippen LogP contribution is -2.47. The van der Waals surface area contributed by atoms with E-state index in [9.17, 15) is 5.11 Å². The van der Waals surface area contributed by atoms with Crippen LogP contribution in [0.25, 0.3) is 0 Å². The standard InChI is InChI=1S/C14H20N2O/c1-10-7-12(8-15)5-6-13(10)9-16-14(3,4)11(2)17/h5-7,11,16-17H,9H2,1-4H3. The Hall–Kier alpha value is -1.37. The van der Waals surface area contributed by atoms with Gasteiger partial charge < -0.3 is 10.4 Å². The molecular formula is C14H20N2O. The number of aryl methyl sites for hydroxylation is 1. The minimum absolute atomic E-state index is 0.319. The highest BCUT2D eigenvalue weighted by Crippen LogP contribution is 2.14. The zero-order chi connectivity index (χ0) is 13.1. The van der Waals surface area contributed by atoms with Gasteiger partial charge in [-0.3, -0.25) is 0 Å². The molecule has 0 amide bonds. The van der Waals surface area contributed by atoms with Gasteiger partial charge in [0.1, 0.15) is 0 Å². The third-order valence-electron chi connectivity index (χ3n) is 3.25. The van der Waals surface area contributed by atoms with E-state index in [1.807, 2.05) is 39.0 Å². The highest BCUT2D eigenvalue weighted by Gasteiger charge is 2.22. The van der Waals surface area contributed by atoms with Crippen LogP contribution >= 0.6 is 0 Å². The second kappa shape index (κ2) is 5.31. The molecule has 0 aromatic heterocycles. The van der Waals surface area contributed by atoms with Gasteiger partial charge in [-0.15, -0.1) is 0 Å². The fourth-order valence-electron chi connectivity index (χ4n) is 1.43. The summed E-state index contributed by atoms with van der Waals surface area (Å²) in [4.78, 5) is 0. The molecule has 1 unspecified atom stereocenters. The van der Waals surface area contributed by atoms with Gasteiger partial charge in [-0.2, -0.15) is 5.26 Å². The van der Waals surface area contributed by atoms with Crippen molar-refractivity contribution in [3.63, 3.8) is 0 Å². The van der Waals surface area contributed by atoms with Gasteiger partial charge in [0.15, 0.2) is 0 Å². The van der Waals surface area contributed by atoms with Gasteiger partial charge in [-0.05, 0) is 51.0 Å². The Balaban J connectivity index is 2.74. The average molecular weight is 232 g/mol. The minimum Gasteiger partial charge on any atom is -0.392 e. The van der Waals surface area contributed by atoms with Gasteiger partial charge in [-0.25, -0.2) is 0 Å². The molecule has 0 bridgehead atoms. The van der Waals surface area contributed by atoms with Crippen molar-refractivity contribution in [1.29, 1.82) is 5.26 Å². The van der Waals surface area contributed by atoms with Crippen LogP contribution in [0.4, 0.5) is 0 Å². The van der Waals surface area contributed by atoms with E-state index in [4.69, 9.17) is 5.26 Å². The SMILES string of the molecule is Cc1cc(C#N)ccc1CNC(C)(C)C(C)O. The van der Waals surface area contributed by atoms with Gasteiger partial charge in [0.25, 0.3) is 0 Å². The van der Waals surface area contributed by atoms with Crippen LogP contribution in [0.5, 0.6) is 0 Å². The summed E-state index contributed by atoms with van der Waals surface area (Å²) >= 11 is 0. The fourth-order valence-corrected chi connectivity index (χ4v) is 1.43. The number of aliphatic hydroxyl groups is 1. The van der Waals surface area contributed by atoms with E-state index in [1.54, 1.807) is 6.92 Å². The largest absolute Gasteiger partial charge is 0.392 e. The van der Waals surface area contributed by atoms with Crippen LogP contribution in [0.1, 0.15) is 37.5 Å². The number of nitrogens with zero attached hydrogens (tertiary/aromatic N) is 1. The van der Waals surface area contributed by atoms with Gasteiger partial charge >= 0.3 is 0 Å². The maximum absolute atomic E-state index is 9.60. The molecule has 1 aromatic rings. The first-order valence-corrected chi connectivity index (χ1v) is 5.79. The van der Waals surface area contributed by atoms with Crippen molar-refractivity contribution in [3.05, 3.63) is 34.9 Å². The van der Waals surface area contributed by atoms with E-state index >= 15 is 0 Å². The van der Waals surface area contributed by atoms with E-state index in [0.717, 1.165) is 11.1 Å². The molecule has 0 aliphatic carbocycles. The van der Waals surface area contributed by atoms with Crippen molar-refractivity contribution in [3.8, 4) is 6.07 Å². The molecule has 1 aromatic carbocycles. The predicted molar refractivity (Wildman–Crippen MR) is 68.5 cm³/mol. The number of hydrogen-bond donors (Lipinski definition) is 2. The van der Waals surface area contributed by atoms with E-state index < -0.39 is 6.10 Å². The van der Waals surface area contributed by atoms with Crippen LogP contribution in [0.3, 0.4) is 0 Å². The van der Waals surface area contributed by atoms with Gasteiger partial charge in [0.2, 0.25) is 0 Å². The Kier molecular flexibility index (Phi) is 4.28. The monoisotopic (exact) mass is 232 g/mol. The molecule has 2 N–H and O–H groups in total. The van der Waals surface area contributed by atoms with Crippen LogP contribution in [-0.4, -0.2) is 16.7 Å². The van der Waals surface area contributed by atoms with E-state index in [-0.39, 0.29) is 5.54 Å². The lowest BCUT2D eigenvalue weighted by Gasteiger charge is -2.29. The lowest BCUT2D eigenvalue weighted by molar-refractivity contribution is 0.0956. The number of aliphatic hydroxyl groups excluding tert-OH is 1. The van der Waals surface area contributed by atoms with Crippen molar-refractivity contribution in [2.45, 2.75) is 45.9 Å². The van der Waals surface area contributed by atoms with Crippen LogP contribution in [-0.2, 0) is 6.54 Å². The van der Waals surface area contributed by atoms with Crippen LogP contribution in [0, 0.1) is 18.3 Å². The fraction of sp³-hybridized carbons (Fsp3) is 0.500. The van der Waals surface area contributed by atoms with Gasteiger partial charge in [0.05, 0.1) is 17.7 Å². The van der Waals surface area contributed by atoms with Crippen molar-refractivity contribution in [2.24, 2.45) is 0 Å². The molecule has 1 atom stereocenters. The number of nitrogens with one attached hydrogen (secondary N) is 1. The molecule has 0 heterocycles. The molecule has 3 nitrogen and oxygen atoms in total. The summed E-state index contributed by atoms with van der Waals surface area (Å²) in [5.41, 5.74) is 2.61. The first-order valence-electron chi connectivity index (χ1n) is 5.79. The summed E-state index contributed by atoms with van der Waals surface area (Å²) in [6, 6.07) is 7.78. The van der Waals surface area contributed by atoms with Gasteiger partial charge in [0, 0.05) is 12.1 Å². The first-order chi connectivity index (χ1) is 7.86. The summed E-state index contributed by atoms with van der Waals surface area (Å²) in [7, 11) is 0. The van der Waals surface area contributed by atoms with Crippen molar-refractivity contribution < 1.29 is 5.11 Å². The van der Waals surface area contributed by atoms with Crippen LogP contribution in [0.2, 0.25) is 0 Å². The number of hydrogen-bond acceptors (Lipinski definition) is 3. The molecule has 0 aliphatic heterocycles. The number of benzene rings is 1. The smallest absolute Gasteiger partial charge is 0.0991 e. The lowest BCUT2D eigenvalue weighted by atomic mass is 9.97. The molecule has 92 valence electrons. The summed E-state index contributed by atoms with van der Waals surface area (Å²) < 4.78 is 0. The Labute approximate surface area is 103 Å². The molecule has 0 aliphatic rings. The van der Waals surface area contributed by atoms with E-state index in [2.05, 4.69) is 11.4 Å². The molecule has 0 saturated heterocycles. The van der Waals surface area contributed by atoms with Crippen LogP contribution in [0.15, 0.2) is 18.2 Å². The van der Waals surface area contributed by atoms with Crippen molar-refractivity contribution in [1.82, 2.24) is 5.32 Å². The molecule has 0 saturated carbocycles. The highest BCUT2D eigenvalue weighted by molar-refractivity contribution is 5.37. The Morgan fingerprint density at radius 3 is 2.59 bits per heavy atom. The maximum Gasteiger partial charge on any atom is 0.0991 e. The minimum atomic E-state index is -0.416. The van der Waals surface area contributed by atoms with Gasteiger partial charge in [-0.1, -0.05) is 6.07 Å². The van der Waals surface area contributed by atoms with E-state index in [0.29, 0.717) is 12.1 Å². The van der Waals surface area contributed by atoms with Crippen LogP contribution < -0.4 is 5.32 Å². The zero-order valence-corrected chi connectivity index (χ0v) is 10.9. The second-order valence-corrected chi connectivity index (χ2v) is 5.00. The van der Waals surface area contributed by atoms with Crippen molar-refractivity contribution in [2.75, 3.05) is 0 Å². The summed E-state index contributed by atoms with van der Waals surface area (Å²) in [6.45, 7) is 8.40. The maximum atomic E-state index is 9.60. The first kappa shape index (κ1) is 13.7. The molecule has 1 rings (SSSR count). The quantitative estimate of drug-likeness (QED) is 0.836. The summed E-state index contributed by atoms with van der Waals surface area (Å²) in [6.07, 6.45) is -0.416. The number of nitriles is 1.